The first-order valence-corrected chi connectivity index (χ1v) is 10.3. The van der Waals surface area contributed by atoms with E-state index in [0.717, 1.165) is 5.56 Å². The highest BCUT2D eigenvalue weighted by molar-refractivity contribution is 7.13. The normalized spacial score (nSPS) is 15.9. The SMILES string of the molecule is Cc1cc2oc3c(c(=O)c2cc1Cl)[C@H](c1cccc(Cl)c1)N(c1nccs1)C3=O. The van der Waals surface area contributed by atoms with Gasteiger partial charge in [-0.2, -0.15) is 0 Å². The van der Waals surface area contributed by atoms with Crippen molar-refractivity contribution >= 4 is 56.5 Å². The third kappa shape index (κ3) is 2.79. The molecule has 0 aliphatic carbocycles. The first-order valence-electron chi connectivity index (χ1n) is 8.71. The smallest absolute Gasteiger partial charge is 0.297 e. The zero-order valence-electron chi connectivity index (χ0n) is 15.0. The lowest BCUT2D eigenvalue weighted by atomic mass is 9.98. The van der Waals surface area contributed by atoms with E-state index in [2.05, 4.69) is 4.98 Å². The second-order valence-corrected chi connectivity index (χ2v) is 8.44. The number of hydrogen-bond donors (Lipinski definition) is 0. The van der Waals surface area contributed by atoms with Gasteiger partial charge >= 0.3 is 0 Å². The summed E-state index contributed by atoms with van der Waals surface area (Å²) in [6, 6.07) is 9.65. The Balaban J connectivity index is 1.85. The number of benzene rings is 2. The summed E-state index contributed by atoms with van der Waals surface area (Å²) in [6.45, 7) is 1.81. The summed E-state index contributed by atoms with van der Waals surface area (Å²) in [6.07, 6.45) is 1.61. The summed E-state index contributed by atoms with van der Waals surface area (Å²) < 4.78 is 5.94. The van der Waals surface area contributed by atoms with Crippen LogP contribution in [0.5, 0.6) is 0 Å². The molecule has 0 N–H and O–H groups in total. The van der Waals surface area contributed by atoms with Crippen molar-refractivity contribution in [1.82, 2.24) is 4.98 Å². The summed E-state index contributed by atoms with van der Waals surface area (Å²) >= 11 is 13.7. The van der Waals surface area contributed by atoms with E-state index >= 15 is 0 Å². The first-order chi connectivity index (χ1) is 14.0. The lowest BCUT2D eigenvalue weighted by Gasteiger charge is -2.22. The minimum atomic E-state index is -0.692. The van der Waals surface area contributed by atoms with E-state index in [1.165, 1.54) is 16.2 Å². The molecule has 0 spiro atoms. The van der Waals surface area contributed by atoms with Gasteiger partial charge in [0.2, 0.25) is 5.76 Å². The summed E-state index contributed by atoms with van der Waals surface area (Å²) in [5, 5.41) is 3.55. The molecule has 5 nitrogen and oxygen atoms in total. The number of carbonyl (C=O) groups excluding carboxylic acids is 1. The zero-order chi connectivity index (χ0) is 20.3. The molecule has 0 fully saturated rings. The minimum absolute atomic E-state index is 0.0180. The molecule has 144 valence electrons. The Kier molecular flexibility index (Phi) is 4.24. The van der Waals surface area contributed by atoms with Crippen molar-refractivity contribution in [2.45, 2.75) is 13.0 Å². The zero-order valence-corrected chi connectivity index (χ0v) is 17.3. The number of aryl methyl sites for hydroxylation is 1. The molecule has 0 unspecified atom stereocenters. The van der Waals surface area contributed by atoms with E-state index in [4.69, 9.17) is 27.6 Å². The number of aromatic nitrogens is 1. The number of thiazole rings is 1. The van der Waals surface area contributed by atoms with Gasteiger partial charge in [0.15, 0.2) is 10.6 Å². The van der Waals surface area contributed by atoms with E-state index in [1.54, 1.807) is 41.9 Å². The van der Waals surface area contributed by atoms with Crippen LogP contribution in [0.1, 0.15) is 33.3 Å². The van der Waals surface area contributed by atoms with Gasteiger partial charge in [-0.05, 0) is 42.3 Å². The maximum Gasteiger partial charge on any atom is 0.297 e. The molecule has 0 radical (unpaired) electrons. The van der Waals surface area contributed by atoms with Crippen molar-refractivity contribution in [2.75, 3.05) is 4.90 Å². The van der Waals surface area contributed by atoms with Crippen LogP contribution < -0.4 is 10.3 Å². The summed E-state index contributed by atoms with van der Waals surface area (Å²) in [5.41, 5.74) is 1.76. The van der Waals surface area contributed by atoms with Crippen LogP contribution in [0.15, 0.2) is 57.2 Å². The molecule has 1 aliphatic rings. The molecule has 0 saturated heterocycles. The van der Waals surface area contributed by atoms with Crippen molar-refractivity contribution < 1.29 is 9.21 Å². The largest absolute Gasteiger partial charge is 0.450 e. The molecule has 1 amide bonds. The number of anilines is 1. The standard InChI is InChI=1S/C21H12Cl2N2O3S/c1-10-7-15-13(9-14(10)23)18(26)16-17(11-3-2-4-12(22)8-11)25(20(27)19(16)28-15)21-24-5-6-29-21/h2-9,17H,1H3/t17-/m0/s1. The molecule has 3 heterocycles. The molecule has 0 saturated carbocycles. The molecule has 8 heteroatoms. The Hall–Kier alpha value is -2.67. The fourth-order valence-electron chi connectivity index (χ4n) is 3.62. The van der Waals surface area contributed by atoms with Gasteiger partial charge in [-0.3, -0.25) is 14.5 Å². The predicted molar refractivity (Wildman–Crippen MR) is 114 cm³/mol. The third-order valence-electron chi connectivity index (χ3n) is 4.94. The van der Waals surface area contributed by atoms with Crippen LogP contribution in [0.3, 0.4) is 0 Å². The molecule has 29 heavy (non-hydrogen) atoms. The van der Waals surface area contributed by atoms with Crippen LogP contribution in [0.25, 0.3) is 11.0 Å². The molecule has 2 aromatic carbocycles. The van der Waals surface area contributed by atoms with E-state index in [1.807, 2.05) is 13.0 Å². The highest BCUT2D eigenvalue weighted by atomic mass is 35.5. The van der Waals surface area contributed by atoms with Crippen molar-refractivity contribution in [3.05, 3.63) is 90.7 Å². The highest BCUT2D eigenvalue weighted by Crippen LogP contribution is 2.42. The molecular weight excluding hydrogens is 431 g/mol. The number of rotatable bonds is 2. The number of fused-ring (bicyclic) bond motifs is 2. The van der Waals surface area contributed by atoms with Gasteiger partial charge in [-0.25, -0.2) is 4.98 Å². The fourth-order valence-corrected chi connectivity index (χ4v) is 4.65. The molecule has 0 bridgehead atoms. The monoisotopic (exact) mass is 442 g/mol. The third-order valence-corrected chi connectivity index (χ3v) is 6.35. The summed E-state index contributed by atoms with van der Waals surface area (Å²) in [5.74, 6) is -0.393. The maximum atomic E-state index is 13.5. The van der Waals surface area contributed by atoms with E-state index in [9.17, 15) is 9.59 Å². The average Bonchev–Trinajstić information content (AvgIpc) is 3.30. The van der Waals surface area contributed by atoms with Crippen LogP contribution in [0.2, 0.25) is 10.0 Å². The average molecular weight is 443 g/mol. The van der Waals surface area contributed by atoms with E-state index in [-0.39, 0.29) is 16.8 Å². The Morgan fingerprint density at radius 3 is 2.72 bits per heavy atom. The number of carbonyl (C=O) groups is 1. The van der Waals surface area contributed by atoms with Crippen molar-refractivity contribution in [3.8, 4) is 0 Å². The fraction of sp³-hybridized carbons (Fsp3) is 0.0952. The van der Waals surface area contributed by atoms with Crippen molar-refractivity contribution in [3.63, 3.8) is 0 Å². The summed E-state index contributed by atoms with van der Waals surface area (Å²) in [4.78, 5) is 32.5. The molecular formula is C21H12Cl2N2O3S. The Morgan fingerprint density at radius 1 is 1.17 bits per heavy atom. The molecule has 5 rings (SSSR count). The lowest BCUT2D eigenvalue weighted by molar-refractivity contribution is 0.0971. The van der Waals surface area contributed by atoms with Gasteiger partial charge in [0.05, 0.1) is 17.0 Å². The molecule has 2 aromatic heterocycles. The lowest BCUT2D eigenvalue weighted by Crippen LogP contribution is -2.29. The number of halogens is 2. The van der Waals surface area contributed by atoms with Gasteiger partial charge in [0.25, 0.3) is 5.91 Å². The van der Waals surface area contributed by atoms with Gasteiger partial charge in [0.1, 0.15) is 5.58 Å². The van der Waals surface area contributed by atoms with Crippen LogP contribution >= 0.6 is 34.5 Å². The van der Waals surface area contributed by atoms with Gasteiger partial charge in [-0.15, -0.1) is 11.3 Å². The van der Waals surface area contributed by atoms with Crippen LogP contribution in [0, 0.1) is 6.92 Å². The van der Waals surface area contributed by atoms with Crippen LogP contribution in [-0.4, -0.2) is 10.9 Å². The second kappa shape index (κ2) is 6.69. The number of nitrogens with zero attached hydrogens (tertiary/aromatic N) is 2. The van der Waals surface area contributed by atoms with E-state index < -0.39 is 11.9 Å². The van der Waals surface area contributed by atoms with Crippen LogP contribution in [-0.2, 0) is 0 Å². The van der Waals surface area contributed by atoms with Gasteiger partial charge in [0, 0.05) is 21.6 Å². The first kappa shape index (κ1) is 18.4. The molecule has 4 aromatic rings. The Bertz CT molecular complexity index is 1350. The Morgan fingerprint density at radius 2 is 2.00 bits per heavy atom. The highest BCUT2D eigenvalue weighted by Gasteiger charge is 2.44. The second-order valence-electron chi connectivity index (χ2n) is 6.72. The molecule has 1 aliphatic heterocycles. The van der Waals surface area contributed by atoms with Crippen molar-refractivity contribution in [2.24, 2.45) is 0 Å². The predicted octanol–water partition coefficient (Wildman–Crippen LogP) is 5.61. The molecule has 1 atom stereocenters. The summed E-state index contributed by atoms with van der Waals surface area (Å²) in [7, 11) is 0. The van der Waals surface area contributed by atoms with E-state index in [0.29, 0.717) is 31.7 Å². The van der Waals surface area contributed by atoms with Crippen LogP contribution in [0.4, 0.5) is 5.13 Å². The number of amides is 1. The van der Waals surface area contributed by atoms with Gasteiger partial charge < -0.3 is 4.42 Å². The minimum Gasteiger partial charge on any atom is -0.450 e. The topological polar surface area (TPSA) is 63.4 Å². The van der Waals surface area contributed by atoms with Crippen molar-refractivity contribution in [1.29, 1.82) is 0 Å². The number of hydrogen-bond acceptors (Lipinski definition) is 5. The quantitative estimate of drug-likeness (QED) is 0.404. The Labute approximate surface area is 179 Å². The maximum absolute atomic E-state index is 13.5. The van der Waals surface area contributed by atoms with Gasteiger partial charge in [-0.1, -0.05) is 35.3 Å².